The SMILES string of the molecule is O=S(=O)(O)Cc1cccc(Cl)c1Cl.[H-].[Na+]. The van der Waals surface area contributed by atoms with Crippen LogP contribution in [0.3, 0.4) is 0 Å². The standard InChI is InChI=1S/C7H6Cl2O3S.Na.H/c8-6-3-1-2-5(7(6)9)4-13(10,11)12;;/h1-3H,4H2,(H,10,11,12);;/q;+1;-1. The van der Waals surface area contributed by atoms with Crippen molar-refractivity contribution >= 4 is 33.3 Å². The van der Waals surface area contributed by atoms with Gasteiger partial charge in [0.25, 0.3) is 10.1 Å². The number of hydrogen-bond acceptors (Lipinski definition) is 2. The zero-order valence-corrected chi connectivity index (χ0v) is 11.7. The molecule has 0 spiro atoms. The molecule has 1 rings (SSSR count). The molecule has 14 heavy (non-hydrogen) atoms. The third kappa shape index (κ3) is 4.49. The van der Waals surface area contributed by atoms with E-state index in [9.17, 15) is 8.42 Å². The van der Waals surface area contributed by atoms with Crippen LogP contribution in [0.4, 0.5) is 0 Å². The maximum atomic E-state index is 10.5. The number of hydrogen-bond donors (Lipinski definition) is 1. The first-order valence-corrected chi connectivity index (χ1v) is 5.65. The summed E-state index contributed by atoms with van der Waals surface area (Å²) in [7, 11) is -4.06. The molecule has 1 aromatic carbocycles. The molecule has 1 aromatic rings. The van der Waals surface area contributed by atoms with Crippen molar-refractivity contribution in [2.45, 2.75) is 5.75 Å². The predicted octanol–water partition coefficient (Wildman–Crippen LogP) is -0.502. The van der Waals surface area contributed by atoms with E-state index < -0.39 is 15.9 Å². The van der Waals surface area contributed by atoms with Crippen LogP contribution in [0.5, 0.6) is 0 Å². The van der Waals surface area contributed by atoms with Crippen molar-refractivity contribution in [2.75, 3.05) is 0 Å². The number of rotatable bonds is 2. The summed E-state index contributed by atoms with van der Waals surface area (Å²) in [6, 6.07) is 4.59. The molecule has 0 saturated heterocycles. The summed E-state index contributed by atoms with van der Waals surface area (Å²) in [5, 5.41) is 0.421. The number of benzene rings is 1. The van der Waals surface area contributed by atoms with Crippen LogP contribution in [0, 0.1) is 0 Å². The zero-order chi connectivity index (χ0) is 10.1. The van der Waals surface area contributed by atoms with Crippen LogP contribution in [-0.2, 0) is 15.9 Å². The van der Waals surface area contributed by atoms with Crippen molar-refractivity contribution in [3.8, 4) is 0 Å². The fourth-order valence-electron chi connectivity index (χ4n) is 0.856. The van der Waals surface area contributed by atoms with Crippen molar-refractivity contribution in [3.05, 3.63) is 33.8 Å². The third-order valence-electron chi connectivity index (χ3n) is 1.37. The quantitative estimate of drug-likeness (QED) is 0.579. The first-order chi connectivity index (χ1) is 5.90. The molecule has 0 aliphatic rings. The van der Waals surface area contributed by atoms with Crippen LogP contribution in [0.15, 0.2) is 18.2 Å². The second kappa shape index (κ2) is 5.70. The fourth-order valence-corrected chi connectivity index (χ4v) is 1.96. The molecule has 7 heteroatoms. The summed E-state index contributed by atoms with van der Waals surface area (Å²) in [4.78, 5) is 0. The van der Waals surface area contributed by atoms with Crippen LogP contribution in [-0.4, -0.2) is 13.0 Å². The molecular weight excluding hydrogens is 258 g/mol. The van der Waals surface area contributed by atoms with Crippen LogP contribution >= 0.6 is 23.2 Å². The van der Waals surface area contributed by atoms with Gasteiger partial charge in [-0.3, -0.25) is 4.55 Å². The van der Waals surface area contributed by atoms with Crippen LogP contribution in [0.25, 0.3) is 0 Å². The average molecular weight is 265 g/mol. The molecule has 1 N–H and O–H groups in total. The average Bonchev–Trinajstić information content (AvgIpc) is 1.96. The Morgan fingerprint density at radius 2 is 1.93 bits per heavy atom. The summed E-state index contributed by atoms with van der Waals surface area (Å²) in [6.07, 6.45) is 0. The van der Waals surface area contributed by atoms with Gasteiger partial charge in [-0.05, 0) is 11.6 Å². The van der Waals surface area contributed by atoms with Crippen LogP contribution in [0.2, 0.25) is 10.0 Å². The van der Waals surface area contributed by atoms with Gasteiger partial charge in [-0.25, -0.2) is 0 Å². The summed E-state index contributed by atoms with van der Waals surface area (Å²) in [5.74, 6) is -0.521. The second-order valence-corrected chi connectivity index (χ2v) is 4.68. The minimum absolute atomic E-state index is 0. The molecule has 0 fully saturated rings. The van der Waals surface area contributed by atoms with Gasteiger partial charge in [0.15, 0.2) is 0 Å². The van der Waals surface area contributed by atoms with E-state index in [4.69, 9.17) is 27.8 Å². The van der Waals surface area contributed by atoms with E-state index in [1.54, 1.807) is 6.07 Å². The summed E-state index contributed by atoms with van der Waals surface area (Å²) in [5.41, 5.74) is 0.289. The molecule has 0 amide bonds. The van der Waals surface area contributed by atoms with Gasteiger partial charge < -0.3 is 1.43 Å². The molecule has 0 aliphatic carbocycles. The topological polar surface area (TPSA) is 54.4 Å². The minimum Gasteiger partial charge on any atom is -1.00 e. The number of halogens is 2. The molecule has 0 bridgehead atoms. The molecule has 0 unspecified atom stereocenters. The monoisotopic (exact) mass is 264 g/mol. The smallest absolute Gasteiger partial charge is 1.00 e. The van der Waals surface area contributed by atoms with Gasteiger partial charge in [0, 0.05) is 0 Å². The first kappa shape index (κ1) is 14.7. The van der Waals surface area contributed by atoms with Crippen molar-refractivity contribution in [2.24, 2.45) is 0 Å². The Labute approximate surface area is 116 Å². The third-order valence-corrected chi connectivity index (χ3v) is 2.90. The van der Waals surface area contributed by atoms with Gasteiger partial charge in [0.05, 0.1) is 10.0 Å². The Morgan fingerprint density at radius 3 is 2.43 bits per heavy atom. The van der Waals surface area contributed by atoms with Crippen molar-refractivity contribution in [1.29, 1.82) is 0 Å². The summed E-state index contributed by atoms with van der Waals surface area (Å²) >= 11 is 11.3. The van der Waals surface area contributed by atoms with Crippen molar-refractivity contribution in [1.82, 2.24) is 0 Å². The van der Waals surface area contributed by atoms with E-state index in [-0.39, 0.29) is 46.6 Å². The van der Waals surface area contributed by atoms with E-state index in [0.717, 1.165) is 0 Å². The molecule has 3 nitrogen and oxygen atoms in total. The molecular formula is C7H7Cl2NaO3S. The van der Waals surface area contributed by atoms with E-state index in [0.29, 0.717) is 0 Å². The Balaban J connectivity index is 0. The van der Waals surface area contributed by atoms with Gasteiger partial charge in [-0.2, -0.15) is 8.42 Å². The Hall–Kier alpha value is 0.710. The Morgan fingerprint density at radius 1 is 1.36 bits per heavy atom. The summed E-state index contributed by atoms with van der Waals surface area (Å²) < 4.78 is 29.6. The summed E-state index contributed by atoms with van der Waals surface area (Å²) in [6.45, 7) is 0. The fraction of sp³-hybridized carbons (Fsp3) is 0.143. The van der Waals surface area contributed by atoms with Crippen molar-refractivity contribution in [3.63, 3.8) is 0 Å². The molecule has 0 atom stereocenters. The molecule has 74 valence electrons. The van der Waals surface area contributed by atoms with Gasteiger partial charge in [0.1, 0.15) is 5.75 Å². The van der Waals surface area contributed by atoms with E-state index in [1.165, 1.54) is 12.1 Å². The van der Waals surface area contributed by atoms with Gasteiger partial charge in [0.2, 0.25) is 0 Å². The zero-order valence-electron chi connectivity index (χ0n) is 8.37. The molecule has 0 heterocycles. The Kier molecular flexibility index (Phi) is 5.99. The van der Waals surface area contributed by atoms with Gasteiger partial charge in [-0.1, -0.05) is 35.3 Å². The second-order valence-electron chi connectivity index (χ2n) is 2.44. The Bertz CT molecular complexity index is 424. The normalized spacial score (nSPS) is 10.8. The molecule has 0 saturated carbocycles. The van der Waals surface area contributed by atoms with E-state index in [1.807, 2.05) is 0 Å². The minimum atomic E-state index is -4.06. The largest absolute Gasteiger partial charge is 1.00 e. The molecule has 0 aromatic heterocycles. The van der Waals surface area contributed by atoms with Gasteiger partial charge in [-0.15, -0.1) is 0 Å². The van der Waals surface area contributed by atoms with E-state index >= 15 is 0 Å². The molecule has 0 radical (unpaired) electrons. The molecule has 0 aliphatic heterocycles. The van der Waals surface area contributed by atoms with Gasteiger partial charge >= 0.3 is 29.6 Å². The van der Waals surface area contributed by atoms with Crippen LogP contribution < -0.4 is 29.6 Å². The van der Waals surface area contributed by atoms with Crippen molar-refractivity contribution < 1.29 is 44.0 Å². The maximum Gasteiger partial charge on any atom is 1.00 e. The van der Waals surface area contributed by atoms with Crippen LogP contribution in [0.1, 0.15) is 6.99 Å². The van der Waals surface area contributed by atoms with E-state index in [2.05, 4.69) is 0 Å². The predicted molar refractivity (Wildman–Crippen MR) is 52.8 cm³/mol. The maximum absolute atomic E-state index is 10.5. The first-order valence-electron chi connectivity index (χ1n) is 3.28.